The highest BCUT2D eigenvalue weighted by atomic mass is 19.1. The van der Waals surface area contributed by atoms with Crippen LogP contribution in [-0.4, -0.2) is 12.8 Å². The summed E-state index contributed by atoms with van der Waals surface area (Å²) < 4.78 is 29.8. The molecule has 72 valence electrons. The molecule has 0 fully saturated rings. The van der Waals surface area contributed by atoms with Gasteiger partial charge < -0.3 is 10.5 Å². The average Bonchev–Trinajstić information content (AvgIpc) is 2.11. The summed E-state index contributed by atoms with van der Waals surface area (Å²) in [6.07, 6.45) is -0.607. The Morgan fingerprint density at radius 2 is 2.23 bits per heavy atom. The largest absolute Gasteiger partial charge is 0.486 e. The van der Waals surface area contributed by atoms with Crippen molar-refractivity contribution in [1.82, 2.24) is 0 Å². The average molecular weight is 187 g/mol. The monoisotopic (exact) mass is 187 g/mol. The Bertz CT molecular complexity index is 291. The van der Waals surface area contributed by atoms with Crippen LogP contribution in [0.25, 0.3) is 0 Å². The van der Waals surface area contributed by atoms with Crippen LogP contribution in [0, 0.1) is 5.82 Å². The fourth-order valence-electron chi connectivity index (χ4n) is 0.859. The van der Waals surface area contributed by atoms with Gasteiger partial charge in [0.25, 0.3) is 0 Å². The van der Waals surface area contributed by atoms with Gasteiger partial charge in [-0.15, -0.1) is 0 Å². The van der Waals surface area contributed by atoms with E-state index >= 15 is 0 Å². The van der Waals surface area contributed by atoms with Gasteiger partial charge in [0.2, 0.25) is 0 Å². The number of ether oxygens (including phenoxy) is 1. The van der Waals surface area contributed by atoms with Gasteiger partial charge >= 0.3 is 0 Å². The molecule has 1 atom stereocenters. The zero-order valence-electron chi connectivity index (χ0n) is 7.26. The summed E-state index contributed by atoms with van der Waals surface area (Å²) in [6, 6.07) is 3.75. The molecule has 0 radical (unpaired) electrons. The topological polar surface area (TPSA) is 35.2 Å². The number of nitrogen functional groups attached to an aromatic ring is 1. The zero-order chi connectivity index (χ0) is 9.84. The lowest BCUT2D eigenvalue weighted by Gasteiger charge is -2.12. The second-order valence-electron chi connectivity index (χ2n) is 2.76. The molecule has 2 N–H and O–H groups in total. The van der Waals surface area contributed by atoms with Crippen molar-refractivity contribution in [2.75, 3.05) is 12.4 Å². The zero-order valence-corrected chi connectivity index (χ0v) is 7.26. The Balaban J connectivity index is 2.81. The molecule has 0 saturated carbocycles. The number of nitrogens with two attached hydrogens (primary N) is 1. The van der Waals surface area contributed by atoms with Gasteiger partial charge in [0.15, 0.2) is 0 Å². The third-order valence-corrected chi connectivity index (χ3v) is 1.52. The van der Waals surface area contributed by atoms with Gasteiger partial charge in [0, 0.05) is 6.07 Å². The third-order valence-electron chi connectivity index (χ3n) is 1.52. The molecule has 0 aliphatic carbocycles. The van der Waals surface area contributed by atoms with Crippen LogP contribution in [0.4, 0.5) is 14.5 Å². The number of anilines is 1. The summed E-state index contributed by atoms with van der Waals surface area (Å²) in [5.41, 5.74) is 5.79. The molecule has 4 heteroatoms. The van der Waals surface area contributed by atoms with Gasteiger partial charge in [-0.3, -0.25) is 0 Å². The lowest BCUT2D eigenvalue weighted by Crippen LogP contribution is -2.14. The second-order valence-corrected chi connectivity index (χ2v) is 2.76. The number of rotatable bonds is 3. The Labute approximate surface area is 75.3 Å². The minimum atomic E-state index is -0.629. The van der Waals surface area contributed by atoms with E-state index in [1.807, 2.05) is 0 Å². The first kappa shape index (κ1) is 9.77. The number of alkyl halides is 1. The number of hydrogen-bond acceptors (Lipinski definition) is 2. The lowest BCUT2D eigenvalue weighted by molar-refractivity contribution is 0.182. The predicted octanol–water partition coefficient (Wildman–Crippen LogP) is 2.14. The van der Waals surface area contributed by atoms with Crippen molar-refractivity contribution < 1.29 is 13.5 Å². The van der Waals surface area contributed by atoms with Crippen LogP contribution >= 0.6 is 0 Å². The van der Waals surface area contributed by atoms with Crippen molar-refractivity contribution in [2.24, 2.45) is 0 Å². The van der Waals surface area contributed by atoms with E-state index < -0.39 is 18.6 Å². The predicted molar refractivity (Wildman–Crippen MR) is 46.9 cm³/mol. The summed E-state index contributed by atoms with van der Waals surface area (Å²) in [5, 5.41) is 0. The van der Waals surface area contributed by atoms with E-state index in [9.17, 15) is 8.78 Å². The van der Waals surface area contributed by atoms with E-state index in [0.717, 1.165) is 6.07 Å². The maximum Gasteiger partial charge on any atom is 0.145 e. The molecule has 0 heterocycles. The van der Waals surface area contributed by atoms with Crippen molar-refractivity contribution in [2.45, 2.75) is 13.0 Å². The van der Waals surface area contributed by atoms with Crippen LogP contribution in [-0.2, 0) is 0 Å². The van der Waals surface area contributed by atoms with Crippen molar-refractivity contribution in [3.63, 3.8) is 0 Å². The molecule has 1 aromatic carbocycles. The third kappa shape index (κ3) is 2.57. The smallest absolute Gasteiger partial charge is 0.145 e. The van der Waals surface area contributed by atoms with Crippen LogP contribution in [0.2, 0.25) is 0 Å². The standard InChI is InChI=1S/C9H11F2NO/c1-6(5-10)13-9-4-7(11)2-3-8(9)12/h2-4,6H,5,12H2,1H3. The van der Waals surface area contributed by atoms with Crippen LogP contribution in [0.15, 0.2) is 18.2 Å². The Kier molecular flexibility index (Phi) is 3.06. The Morgan fingerprint density at radius 1 is 1.54 bits per heavy atom. The number of hydrogen-bond donors (Lipinski definition) is 1. The maximum atomic E-state index is 12.7. The Morgan fingerprint density at radius 3 is 2.85 bits per heavy atom. The second kappa shape index (κ2) is 4.07. The summed E-state index contributed by atoms with van der Waals surface area (Å²) in [6.45, 7) is 0.917. The quantitative estimate of drug-likeness (QED) is 0.736. The molecule has 1 unspecified atom stereocenters. The normalized spacial score (nSPS) is 12.5. The first-order chi connectivity index (χ1) is 6.13. The highest BCUT2D eigenvalue weighted by Gasteiger charge is 2.06. The number of benzene rings is 1. The molecule has 0 aliphatic rings. The van der Waals surface area contributed by atoms with Gasteiger partial charge in [0.1, 0.15) is 24.3 Å². The van der Waals surface area contributed by atoms with Crippen LogP contribution in [0.1, 0.15) is 6.92 Å². The van der Waals surface area contributed by atoms with Crippen molar-refractivity contribution in [3.05, 3.63) is 24.0 Å². The first-order valence-corrected chi connectivity index (χ1v) is 3.91. The molecule has 0 spiro atoms. The molecule has 13 heavy (non-hydrogen) atoms. The van der Waals surface area contributed by atoms with Crippen LogP contribution < -0.4 is 10.5 Å². The van der Waals surface area contributed by atoms with Gasteiger partial charge in [-0.05, 0) is 19.1 Å². The molecule has 0 amide bonds. The fraction of sp³-hybridized carbons (Fsp3) is 0.333. The van der Waals surface area contributed by atoms with E-state index in [4.69, 9.17) is 10.5 Å². The van der Waals surface area contributed by atoms with Gasteiger partial charge in [0.05, 0.1) is 5.69 Å². The van der Waals surface area contributed by atoms with Crippen molar-refractivity contribution >= 4 is 5.69 Å². The van der Waals surface area contributed by atoms with Gasteiger partial charge in [-0.1, -0.05) is 0 Å². The highest BCUT2D eigenvalue weighted by Crippen LogP contribution is 2.23. The van der Waals surface area contributed by atoms with Gasteiger partial charge in [-0.25, -0.2) is 8.78 Å². The SMILES string of the molecule is CC(CF)Oc1cc(F)ccc1N. The van der Waals surface area contributed by atoms with E-state index in [1.165, 1.54) is 12.1 Å². The number of halogens is 2. The molecular weight excluding hydrogens is 176 g/mol. The summed E-state index contributed by atoms with van der Waals surface area (Å²) >= 11 is 0. The van der Waals surface area contributed by atoms with Gasteiger partial charge in [-0.2, -0.15) is 0 Å². The first-order valence-electron chi connectivity index (χ1n) is 3.91. The molecule has 0 aliphatic heterocycles. The van der Waals surface area contributed by atoms with E-state index in [0.29, 0.717) is 5.69 Å². The summed E-state index contributed by atoms with van der Waals surface area (Å²) in [4.78, 5) is 0. The maximum absolute atomic E-state index is 12.7. The summed E-state index contributed by atoms with van der Waals surface area (Å²) in [7, 11) is 0. The molecule has 0 aromatic heterocycles. The minimum Gasteiger partial charge on any atom is -0.486 e. The fourth-order valence-corrected chi connectivity index (χ4v) is 0.859. The van der Waals surface area contributed by atoms with E-state index in [1.54, 1.807) is 6.92 Å². The molecular formula is C9H11F2NO. The molecule has 1 rings (SSSR count). The Hall–Kier alpha value is -1.32. The lowest BCUT2D eigenvalue weighted by atomic mass is 10.3. The van der Waals surface area contributed by atoms with E-state index in [2.05, 4.69) is 0 Å². The van der Waals surface area contributed by atoms with Crippen molar-refractivity contribution in [1.29, 1.82) is 0 Å². The minimum absolute atomic E-state index is 0.185. The summed E-state index contributed by atoms with van der Waals surface area (Å²) in [5.74, 6) is -0.264. The van der Waals surface area contributed by atoms with Crippen LogP contribution in [0.5, 0.6) is 5.75 Å². The molecule has 1 aromatic rings. The molecule has 2 nitrogen and oxygen atoms in total. The van der Waals surface area contributed by atoms with E-state index in [-0.39, 0.29) is 5.75 Å². The van der Waals surface area contributed by atoms with Crippen LogP contribution in [0.3, 0.4) is 0 Å². The molecule has 0 bridgehead atoms. The molecule has 0 saturated heterocycles. The highest BCUT2D eigenvalue weighted by molar-refractivity contribution is 5.52. The van der Waals surface area contributed by atoms with Crippen molar-refractivity contribution in [3.8, 4) is 5.75 Å².